The molecule has 0 radical (unpaired) electrons. The summed E-state index contributed by atoms with van der Waals surface area (Å²) in [6, 6.07) is 13.2. The second kappa shape index (κ2) is 7.75. The lowest BCUT2D eigenvalue weighted by atomic mass is 9.98. The molecule has 2 N–H and O–H groups in total. The van der Waals surface area contributed by atoms with Gasteiger partial charge in [0, 0.05) is 48.0 Å². The number of nitrogens with one attached hydrogen (secondary N) is 2. The van der Waals surface area contributed by atoms with Crippen molar-refractivity contribution in [2.45, 2.75) is 31.8 Å². The summed E-state index contributed by atoms with van der Waals surface area (Å²) in [4.78, 5) is 5.57. The maximum atomic E-state index is 13.4. The van der Waals surface area contributed by atoms with Crippen LogP contribution >= 0.6 is 0 Å². The van der Waals surface area contributed by atoms with Gasteiger partial charge in [0.2, 0.25) is 0 Å². The molecule has 0 amide bonds. The van der Waals surface area contributed by atoms with Crippen molar-refractivity contribution in [3.8, 4) is 5.75 Å². The third kappa shape index (κ3) is 4.35. The number of ether oxygens (including phenoxy) is 1. The SMILES string of the molecule is Fc1ccc2[nH]c(CN[C@H]3CC[C@@H]4CN(c5ccc(OC(F)(F)F)cc5)C[C@@H]43)cc2c1. The average Bonchev–Trinajstić information content (AvgIpc) is 3.39. The molecule has 1 saturated carbocycles. The molecule has 0 bridgehead atoms. The van der Waals surface area contributed by atoms with Crippen LogP contribution in [-0.4, -0.2) is 30.5 Å². The van der Waals surface area contributed by atoms with Gasteiger partial charge in [-0.1, -0.05) is 0 Å². The van der Waals surface area contributed by atoms with E-state index in [2.05, 4.69) is 19.9 Å². The monoisotopic (exact) mass is 433 g/mol. The molecule has 2 heterocycles. The number of nitrogens with zero attached hydrogens (tertiary/aromatic N) is 1. The van der Waals surface area contributed by atoms with E-state index >= 15 is 0 Å². The second-order valence-electron chi connectivity index (χ2n) is 8.46. The maximum absolute atomic E-state index is 13.4. The van der Waals surface area contributed by atoms with Crippen LogP contribution < -0.4 is 15.0 Å². The standard InChI is InChI=1S/C23H23F4N3O/c24-16-2-8-21-15(9-16)10-17(29-21)11-28-22-7-1-14-12-30(13-20(14)22)18-3-5-19(6-4-18)31-23(25,26)27/h2-6,8-10,14,20,22,28-29H,1,7,11-13H2/t14-,20+,22+/m1/s1. The molecule has 0 spiro atoms. The smallest absolute Gasteiger partial charge is 0.406 e. The van der Waals surface area contributed by atoms with Crippen LogP contribution in [0, 0.1) is 17.7 Å². The lowest BCUT2D eigenvalue weighted by molar-refractivity contribution is -0.274. The summed E-state index contributed by atoms with van der Waals surface area (Å²) in [5.41, 5.74) is 2.87. The number of aromatic nitrogens is 1. The Balaban J connectivity index is 1.20. The lowest BCUT2D eigenvalue weighted by Crippen LogP contribution is -2.35. The first kappa shape index (κ1) is 20.2. The Morgan fingerprint density at radius 1 is 1.03 bits per heavy atom. The highest BCUT2D eigenvalue weighted by molar-refractivity contribution is 5.80. The molecule has 3 aromatic rings. The molecule has 4 nitrogen and oxygen atoms in total. The minimum Gasteiger partial charge on any atom is -0.406 e. The van der Waals surface area contributed by atoms with Crippen LogP contribution in [-0.2, 0) is 6.54 Å². The predicted molar refractivity (Wildman–Crippen MR) is 110 cm³/mol. The molecule has 0 unspecified atom stereocenters. The van der Waals surface area contributed by atoms with Crippen molar-refractivity contribution in [2.75, 3.05) is 18.0 Å². The molecule has 2 fully saturated rings. The molecular weight excluding hydrogens is 410 g/mol. The normalized spacial score (nSPS) is 23.5. The van der Waals surface area contributed by atoms with Gasteiger partial charge in [0.15, 0.2) is 0 Å². The summed E-state index contributed by atoms with van der Waals surface area (Å²) >= 11 is 0. The Labute approximate surface area is 177 Å². The highest BCUT2D eigenvalue weighted by Crippen LogP contribution is 2.40. The number of anilines is 1. The molecule has 31 heavy (non-hydrogen) atoms. The van der Waals surface area contributed by atoms with Gasteiger partial charge in [-0.25, -0.2) is 4.39 Å². The third-order valence-electron chi connectivity index (χ3n) is 6.49. The van der Waals surface area contributed by atoms with E-state index in [4.69, 9.17) is 0 Å². The van der Waals surface area contributed by atoms with Crippen LogP contribution in [0.25, 0.3) is 10.9 Å². The summed E-state index contributed by atoms with van der Waals surface area (Å²) < 4.78 is 54.4. The van der Waals surface area contributed by atoms with Gasteiger partial charge in [-0.05, 0) is 73.2 Å². The molecule has 2 aliphatic rings. The zero-order valence-corrected chi connectivity index (χ0v) is 16.8. The Kier molecular flexibility index (Phi) is 5.04. The van der Waals surface area contributed by atoms with E-state index < -0.39 is 6.36 Å². The molecule has 8 heteroatoms. The third-order valence-corrected chi connectivity index (χ3v) is 6.49. The Hall–Kier alpha value is -2.74. The van der Waals surface area contributed by atoms with Gasteiger partial charge in [0.25, 0.3) is 0 Å². The lowest BCUT2D eigenvalue weighted by Gasteiger charge is -2.23. The zero-order valence-electron chi connectivity index (χ0n) is 16.8. The number of halogens is 4. The van der Waals surface area contributed by atoms with Gasteiger partial charge in [0.1, 0.15) is 11.6 Å². The summed E-state index contributed by atoms with van der Waals surface area (Å²) in [6.45, 7) is 2.47. The van der Waals surface area contributed by atoms with Crippen LogP contribution in [0.3, 0.4) is 0 Å². The number of hydrogen-bond donors (Lipinski definition) is 2. The van der Waals surface area contributed by atoms with Gasteiger partial charge in [-0.2, -0.15) is 0 Å². The van der Waals surface area contributed by atoms with E-state index in [1.807, 2.05) is 6.07 Å². The molecule has 1 aliphatic carbocycles. The number of benzene rings is 2. The van der Waals surface area contributed by atoms with Crippen molar-refractivity contribution < 1.29 is 22.3 Å². The van der Waals surface area contributed by atoms with Gasteiger partial charge < -0.3 is 19.9 Å². The van der Waals surface area contributed by atoms with Crippen LogP contribution in [0.2, 0.25) is 0 Å². The maximum Gasteiger partial charge on any atom is 0.573 e. The Bertz CT molecular complexity index is 1060. The number of aromatic amines is 1. The van der Waals surface area contributed by atoms with E-state index in [0.717, 1.165) is 48.2 Å². The first-order valence-corrected chi connectivity index (χ1v) is 10.5. The topological polar surface area (TPSA) is 40.3 Å². The summed E-state index contributed by atoms with van der Waals surface area (Å²) in [5, 5.41) is 4.52. The van der Waals surface area contributed by atoms with Crippen molar-refractivity contribution in [1.82, 2.24) is 10.3 Å². The van der Waals surface area contributed by atoms with E-state index in [-0.39, 0.29) is 11.6 Å². The minimum atomic E-state index is -4.68. The molecule has 1 saturated heterocycles. The molecule has 1 aliphatic heterocycles. The quantitative estimate of drug-likeness (QED) is 0.543. The molecular formula is C23H23F4N3O. The van der Waals surface area contributed by atoms with Gasteiger partial charge in [0.05, 0.1) is 0 Å². The fraction of sp³-hybridized carbons (Fsp3) is 0.391. The molecule has 5 rings (SSSR count). The highest BCUT2D eigenvalue weighted by atomic mass is 19.4. The fourth-order valence-electron chi connectivity index (χ4n) is 5.09. The largest absolute Gasteiger partial charge is 0.573 e. The second-order valence-corrected chi connectivity index (χ2v) is 8.46. The average molecular weight is 433 g/mol. The van der Waals surface area contributed by atoms with Crippen LogP contribution in [0.5, 0.6) is 5.75 Å². The van der Waals surface area contributed by atoms with Gasteiger partial charge in [-0.15, -0.1) is 13.2 Å². The fourth-order valence-corrected chi connectivity index (χ4v) is 5.09. The minimum absolute atomic E-state index is 0.201. The number of alkyl halides is 3. The number of rotatable bonds is 5. The van der Waals surface area contributed by atoms with E-state index in [1.165, 1.54) is 24.3 Å². The van der Waals surface area contributed by atoms with Crippen LogP contribution in [0.1, 0.15) is 18.5 Å². The van der Waals surface area contributed by atoms with Crippen LogP contribution in [0.15, 0.2) is 48.5 Å². The van der Waals surface area contributed by atoms with Gasteiger partial charge in [-0.3, -0.25) is 0 Å². The predicted octanol–water partition coefficient (Wildman–Crippen LogP) is 5.21. The first-order chi connectivity index (χ1) is 14.8. The zero-order chi connectivity index (χ0) is 21.6. The van der Waals surface area contributed by atoms with Crippen LogP contribution in [0.4, 0.5) is 23.2 Å². The highest BCUT2D eigenvalue weighted by Gasteiger charge is 2.42. The van der Waals surface area contributed by atoms with Gasteiger partial charge >= 0.3 is 6.36 Å². The molecule has 3 atom stereocenters. The molecule has 2 aromatic carbocycles. The molecule has 164 valence electrons. The number of H-pyrrole nitrogens is 1. The number of fused-ring (bicyclic) bond motifs is 2. The number of hydrogen-bond acceptors (Lipinski definition) is 3. The summed E-state index contributed by atoms with van der Waals surface area (Å²) in [7, 11) is 0. The molecule has 1 aromatic heterocycles. The Morgan fingerprint density at radius 3 is 2.61 bits per heavy atom. The van der Waals surface area contributed by atoms with Crippen molar-refractivity contribution in [3.63, 3.8) is 0 Å². The summed E-state index contributed by atoms with van der Waals surface area (Å²) in [5.74, 6) is 0.621. The van der Waals surface area contributed by atoms with Crippen molar-refractivity contribution in [1.29, 1.82) is 0 Å². The van der Waals surface area contributed by atoms with Crippen molar-refractivity contribution in [2.24, 2.45) is 11.8 Å². The van der Waals surface area contributed by atoms with E-state index in [0.29, 0.717) is 24.4 Å². The van der Waals surface area contributed by atoms with E-state index in [9.17, 15) is 17.6 Å². The summed E-state index contributed by atoms with van der Waals surface area (Å²) in [6.07, 6.45) is -2.44. The van der Waals surface area contributed by atoms with Crippen molar-refractivity contribution in [3.05, 3.63) is 60.0 Å². The first-order valence-electron chi connectivity index (χ1n) is 10.5. The van der Waals surface area contributed by atoms with Crippen molar-refractivity contribution >= 4 is 16.6 Å². The Morgan fingerprint density at radius 2 is 1.84 bits per heavy atom. The van der Waals surface area contributed by atoms with E-state index in [1.54, 1.807) is 18.2 Å².